The minimum Gasteiger partial charge on any atom is -0.496 e. The maximum atomic E-state index is 9.69. The first-order chi connectivity index (χ1) is 9.21. The molecule has 1 fully saturated rings. The summed E-state index contributed by atoms with van der Waals surface area (Å²) in [5, 5.41) is 13.9. The van der Waals surface area contributed by atoms with Gasteiger partial charge in [-0.15, -0.1) is 0 Å². The molecule has 1 aromatic carbocycles. The van der Waals surface area contributed by atoms with E-state index in [1.807, 2.05) is 18.2 Å². The number of rotatable bonds is 5. The van der Waals surface area contributed by atoms with Crippen LogP contribution in [0.3, 0.4) is 0 Å². The summed E-state index contributed by atoms with van der Waals surface area (Å²) in [6.45, 7) is 0.809. The minimum atomic E-state index is -0.150. The summed E-state index contributed by atoms with van der Waals surface area (Å²) in [6, 6.07) is 5.66. The second-order valence-corrected chi connectivity index (χ2v) is 5.68. The van der Waals surface area contributed by atoms with Crippen LogP contribution in [0.15, 0.2) is 18.2 Å². The fraction of sp³-hybridized carbons (Fsp3) is 0.600. The second-order valence-electron chi connectivity index (χ2n) is 5.27. The van der Waals surface area contributed by atoms with Gasteiger partial charge in [0.2, 0.25) is 0 Å². The van der Waals surface area contributed by atoms with Crippen LogP contribution < -0.4 is 10.1 Å². The summed E-state index contributed by atoms with van der Waals surface area (Å²) < 4.78 is 5.35. The first-order valence-corrected chi connectivity index (χ1v) is 7.26. The van der Waals surface area contributed by atoms with E-state index in [1.165, 1.54) is 19.3 Å². The van der Waals surface area contributed by atoms with Gasteiger partial charge >= 0.3 is 0 Å². The van der Waals surface area contributed by atoms with E-state index in [-0.39, 0.29) is 12.1 Å². The normalized spacial score (nSPS) is 18.3. The molecule has 0 unspecified atom stereocenters. The van der Waals surface area contributed by atoms with E-state index < -0.39 is 0 Å². The highest BCUT2D eigenvalue weighted by Gasteiger charge is 2.31. The molecule has 0 aliphatic heterocycles. The van der Waals surface area contributed by atoms with Crippen LogP contribution in [0.2, 0.25) is 5.02 Å². The third kappa shape index (κ3) is 3.41. The minimum absolute atomic E-state index is 0.150. The van der Waals surface area contributed by atoms with Gasteiger partial charge in [0.15, 0.2) is 0 Å². The Kier molecular flexibility index (Phi) is 5.08. The lowest BCUT2D eigenvalue weighted by Gasteiger charge is -2.37. The number of ether oxygens (including phenoxy) is 1. The van der Waals surface area contributed by atoms with E-state index >= 15 is 0 Å². The summed E-state index contributed by atoms with van der Waals surface area (Å²) in [5.41, 5.74) is 0.813. The van der Waals surface area contributed by atoms with E-state index in [9.17, 15) is 5.11 Å². The predicted octanol–water partition coefficient (Wildman–Crippen LogP) is 3.13. The number of methoxy groups -OCH3 is 1. The number of aliphatic hydroxyl groups is 1. The molecule has 0 amide bonds. The van der Waals surface area contributed by atoms with Crippen molar-refractivity contribution in [3.05, 3.63) is 28.8 Å². The molecule has 106 valence electrons. The van der Waals surface area contributed by atoms with Crippen LogP contribution >= 0.6 is 11.6 Å². The largest absolute Gasteiger partial charge is 0.496 e. The van der Waals surface area contributed by atoms with Gasteiger partial charge < -0.3 is 15.2 Å². The van der Waals surface area contributed by atoms with Crippen molar-refractivity contribution in [3.63, 3.8) is 0 Å². The van der Waals surface area contributed by atoms with Crippen molar-refractivity contribution in [1.82, 2.24) is 5.32 Å². The number of halogens is 1. The van der Waals surface area contributed by atoms with Gasteiger partial charge in [0, 0.05) is 22.7 Å². The van der Waals surface area contributed by atoms with E-state index in [4.69, 9.17) is 16.3 Å². The summed E-state index contributed by atoms with van der Waals surface area (Å²) in [7, 11) is 1.65. The molecule has 1 saturated carbocycles. The Labute approximate surface area is 119 Å². The fourth-order valence-electron chi connectivity index (χ4n) is 2.80. The maximum absolute atomic E-state index is 9.69. The Balaban J connectivity index is 2.09. The van der Waals surface area contributed by atoms with Gasteiger partial charge in [0.05, 0.1) is 13.7 Å². The van der Waals surface area contributed by atoms with Crippen LogP contribution in [0, 0.1) is 0 Å². The zero-order valence-corrected chi connectivity index (χ0v) is 12.2. The Morgan fingerprint density at radius 1 is 1.32 bits per heavy atom. The summed E-state index contributed by atoms with van der Waals surface area (Å²) in [4.78, 5) is 0. The molecular weight excluding hydrogens is 262 g/mol. The molecule has 0 aromatic heterocycles. The van der Waals surface area contributed by atoms with Crippen molar-refractivity contribution in [2.45, 2.75) is 44.2 Å². The van der Waals surface area contributed by atoms with Crippen molar-refractivity contribution >= 4 is 11.6 Å². The standard InChI is InChI=1S/C15H22ClNO2/c1-19-14-7-5-6-13(16)12(14)10-17-15(11-18)8-3-2-4-9-15/h5-7,17-18H,2-4,8-11H2,1H3. The Morgan fingerprint density at radius 2 is 2.05 bits per heavy atom. The van der Waals surface area contributed by atoms with E-state index in [0.29, 0.717) is 11.6 Å². The van der Waals surface area contributed by atoms with Crippen molar-refractivity contribution < 1.29 is 9.84 Å². The first kappa shape index (κ1) is 14.6. The smallest absolute Gasteiger partial charge is 0.124 e. The van der Waals surface area contributed by atoms with Gasteiger partial charge in [0.25, 0.3) is 0 Å². The lowest BCUT2D eigenvalue weighted by atomic mass is 9.82. The summed E-state index contributed by atoms with van der Waals surface area (Å²) >= 11 is 6.23. The molecule has 1 aliphatic rings. The third-order valence-corrected chi connectivity index (χ3v) is 4.40. The quantitative estimate of drug-likeness (QED) is 0.872. The van der Waals surface area contributed by atoms with Gasteiger partial charge in [-0.3, -0.25) is 0 Å². The number of benzene rings is 1. The van der Waals surface area contributed by atoms with Gasteiger partial charge in [-0.05, 0) is 25.0 Å². The van der Waals surface area contributed by atoms with Crippen LogP contribution in [0.5, 0.6) is 5.75 Å². The van der Waals surface area contributed by atoms with Gasteiger partial charge in [0.1, 0.15) is 5.75 Å². The van der Waals surface area contributed by atoms with Crippen LogP contribution in [-0.2, 0) is 6.54 Å². The molecule has 1 aliphatic carbocycles. The van der Waals surface area contributed by atoms with Crippen LogP contribution in [0.1, 0.15) is 37.7 Å². The first-order valence-electron chi connectivity index (χ1n) is 6.88. The Morgan fingerprint density at radius 3 is 2.68 bits per heavy atom. The molecule has 3 nitrogen and oxygen atoms in total. The van der Waals surface area contributed by atoms with E-state index in [2.05, 4.69) is 5.32 Å². The molecular formula is C15H22ClNO2. The highest BCUT2D eigenvalue weighted by atomic mass is 35.5. The lowest BCUT2D eigenvalue weighted by molar-refractivity contribution is 0.119. The molecule has 1 aromatic rings. The molecule has 19 heavy (non-hydrogen) atoms. The number of nitrogens with one attached hydrogen (secondary N) is 1. The van der Waals surface area contributed by atoms with Crippen molar-refractivity contribution in [2.24, 2.45) is 0 Å². The van der Waals surface area contributed by atoms with Gasteiger partial charge in [-0.25, -0.2) is 0 Å². The molecule has 0 heterocycles. The van der Waals surface area contributed by atoms with E-state index in [1.54, 1.807) is 7.11 Å². The molecule has 0 bridgehead atoms. The van der Waals surface area contributed by atoms with E-state index in [0.717, 1.165) is 24.2 Å². The summed E-state index contributed by atoms with van der Waals surface area (Å²) in [6.07, 6.45) is 5.66. The molecule has 4 heteroatoms. The Bertz CT molecular complexity index is 417. The molecule has 0 spiro atoms. The third-order valence-electron chi connectivity index (χ3n) is 4.05. The monoisotopic (exact) mass is 283 g/mol. The van der Waals surface area contributed by atoms with Crippen molar-refractivity contribution in [1.29, 1.82) is 0 Å². The topological polar surface area (TPSA) is 41.5 Å². The zero-order valence-electron chi connectivity index (χ0n) is 11.4. The molecule has 2 N–H and O–H groups in total. The highest BCUT2D eigenvalue weighted by Crippen LogP contribution is 2.31. The maximum Gasteiger partial charge on any atom is 0.124 e. The average Bonchev–Trinajstić information content (AvgIpc) is 2.46. The van der Waals surface area contributed by atoms with Crippen LogP contribution in [-0.4, -0.2) is 24.4 Å². The molecule has 0 saturated heterocycles. The molecule has 0 radical (unpaired) electrons. The predicted molar refractivity (Wildman–Crippen MR) is 77.7 cm³/mol. The second kappa shape index (κ2) is 6.60. The zero-order chi connectivity index (χ0) is 13.7. The van der Waals surface area contributed by atoms with Gasteiger partial charge in [-0.1, -0.05) is 36.9 Å². The lowest BCUT2D eigenvalue weighted by Crippen LogP contribution is -2.49. The van der Waals surface area contributed by atoms with Crippen LogP contribution in [0.4, 0.5) is 0 Å². The SMILES string of the molecule is COc1cccc(Cl)c1CNC1(CO)CCCCC1. The number of aliphatic hydroxyl groups excluding tert-OH is 1. The van der Waals surface area contributed by atoms with Gasteiger partial charge in [-0.2, -0.15) is 0 Å². The van der Waals surface area contributed by atoms with Crippen LogP contribution in [0.25, 0.3) is 0 Å². The van der Waals surface area contributed by atoms with Crippen molar-refractivity contribution in [2.75, 3.05) is 13.7 Å². The summed E-state index contributed by atoms with van der Waals surface area (Å²) in [5.74, 6) is 0.795. The molecule has 0 atom stereocenters. The highest BCUT2D eigenvalue weighted by molar-refractivity contribution is 6.31. The number of hydrogen-bond donors (Lipinski definition) is 2. The average molecular weight is 284 g/mol. The van der Waals surface area contributed by atoms with Crippen molar-refractivity contribution in [3.8, 4) is 5.75 Å². The Hall–Kier alpha value is -0.770. The molecule has 2 rings (SSSR count). The fourth-order valence-corrected chi connectivity index (χ4v) is 3.03. The number of hydrogen-bond acceptors (Lipinski definition) is 3.